The maximum Gasteiger partial charge on any atom is 0.137 e. The molecule has 0 heterocycles. The first-order chi connectivity index (χ1) is 9.61. The molecule has 1 N–H and O–H groups in total. The molecule has 0 bridgehead atoms. The molecule has 1 atom stereocenters. The summed E-state index contributed by atoms with van der Waals surface area (Å²) in [5.41, 5.74) is 2.03. The lowest BCUT2D eigenvalue weighted by Gasteiger charge is -2.13. The third-order valence-electron chi connectivity index (χ3n) is 3.05. The number of halogens is 1. The van der Waals surface area contributed by atoms with Gasteiger partial charge in [-0.3, -0.25) is 0 Å². The second-order valence-corrected chi connectivity index (χ2v) is 5.96. The molecule has 0 aromatic heterocycles. The Morgan fingerprint density at radius 3 is 2.70 bits per heavy atom. The minimum Gasteiger partial charge on any atom is -0.495 e. The van der Waals surface area contributed by atoms with Crippen LogP contribution < -0.4 is 4.74 Å². The van der Waals surface area contributed by atoms with Gasteiger partial charge in [0.2, 0.25) is 0 Å². The van der Waals surface area contributed by atoms with Crippen molar-refractivity contribution in [2.75, 3.05) is 12.9 Å². The number of aliphatic hydroxyl groups excluding tert-OH is 1. The molecule has 2 aromatic rings. The Bertz CT molecular complexity index is 586. The number of aryl methyl sites for hydroxylation is 1. The van der Waals surface area contributed by atoms with Crippen LogP contribution in [0.3, 0.4) is 0 Å². The molecule has 20 heavy (non-hydrogen) atoms. The van der Waals surface area contributed by atoms with Gasteiger partial charge >= 0.3 is 0 Å². The van der Waals surface area contributed by atoms with Crippen LogP contribution in [-0.4, -0.2) is 18.0 Å². The summed E-state index contributed by atoms with van der Waals surface area (Å²) in [4.78, 5) is 1.19. The van der Waals surface area contributed by atoms with Gasteiger partial charge in [0, 0.05) is 10.6 Å². The van der Waals surface area contributed by atoms with Gasteiger partial charge in [0.05, 0.1) is 18.2 Å². The van der Waals surface area contributed by atoms with Gasteiger partial charge in [-0.05, 0) is 36.2 Å². The molecule has 0 aliphatic carbocycles. The Morgan fingerprint density at radius 2 is 2.00 bits per heavy atom. The van der Waals surface area contributed by atoms with E-state index < -0.39 is 6.10 Å². The Balaban J connectivity index is 2.05. The van der Waals surface area contributed by atoms with E-state index in [-0.39, 0.29) is 0 Å². The molecule has 0 aliphatic heterocycles. The highest BCUT2D eigenvalue weighted by molar-refractivity contribution is 7.99. The first-order valence-corrected chi connectivity index (χ1v) is 7.68. The summed E-state index contributed by atoms with van der Waals surface area (Å²) < 4.78 is 5.17. The van der Waals surface area contributed by atoms with Crippen LogP contribution in [0.4, 0.5) is 0 Å². The highest BCUT2D eigenvalue weighted by Crippen LogP contribution is 2.31. The van der Waals surface area contributed by atoms with E-state index in [4.69, 9.17) is 16.3 Å². The first kappa shape index (κ1) is 15.2. The average molecular weight is 309 g/mol. The topological polar surface area (TPSA) is 29.5 Å². The number of hydrogen-bond donors (Lipinski definition) is 1. The Hall–Kier alpha value is -1.16. The average Bonchev–Trinajstić information content (AvgIpc) is 2.46. The first-order valence-electron chi connectivity index (χ1n) is 6.31. The van der Waals surface area contributed by atoms with Crippen molar-refractivity contribution in [3.63, 3.8) is 0 Å². The lowest BCUT2D eigenvalue weighted by Crippen LogP contribution is -2.01. The van der Waals surface area contributed by atoms with Crippen LogP contribution in [0.15, 0.2) is 47.4 Å². The molecule has 0 saturated carbocycles. The van der Waals surface area contributed by atoms with E-state index >= 15 is 0 Å². The summed E-state index contributed by atoms with van der Waals surface area (Å²) in [6.07, 6.45) is -0.550. The van der Waals surface area contributed by atoms with Gasteiger partial charge in [-0.15, -0.1) is 11.8 Å². The molecule has 1 unspecified atom stereocenters. The van der Waals surface area contributed by atoms with Crippen molar-refractivity contribution in [3.05, 3.63) is 58.6 Å². The fourth-order valence-electron chi connectivity index (χ4n) is 1.87. The zero-order chi connectivity index (χ0) is 14.5. The monoisotopic (exact) mass is 308 g/mol. The number of thioether (sulfide) groups is 1. The highest BCUT2D eigenvalue weighted by atomic mass is 35.5. The highest BCUT2D eigenvalue weighted by Gasteiger charge is 2.11. The molecule has 0 saturated heterocycles. The van der Waals surface area contributed by atoms with Crippen LogP contribution in [0.5, 0.6) is 5.75 Å². The maximum atomic E-state index is 10.3. The van der Waals surface area contributed by atoms with Crippen LogP contribution in [0.25, 0.3) is 0 Å². The minimum absolute atomic E-state index is 0.550. The smallest absolute Gasteiger partial charge is 0.137 e. The van der Waals surface area contributed by atoms with Gasteiger partial charge in [-0.1, -0.05) is 35.9 Å². The number of ether oxygens (including phenoxy) is 1. The zero-order valence-corrected chi connectivity index (χ0v) is 13.0. The Morgan fingerprint density at radius 1 is 1.25 bits per heavy atom. The number of methoxy groups -OCH3 is 1. The van der Waals surface area contributed by atoms with E-state index in [1.807, 2.05) is 18.2 Å². The lowest BCUT2D eigenvalue weighted by atomic mass is 10.1. The van der Waals surface area contributed by atoms with Crippen LogP contribution in [0.2, 0.25) is 5.02 Å². The molecule has 2 nitrogen and oxygen atoms in total. The van der Waals surface area contributed by atoms with Crippen LogP contribution in [0, 0.1) is 6.92 Å². The summed E-state index contributed by atoms with van der Waals surface area (Å²) in [5.74, 6) is 1.18. The number of aliphatic hydroxyl groups is 1. The molecule has 0 aliphatic rings. The Labute approximate surface area is 128 Å². The molecular weight excluding hydrogens is 292 g/mol. The van der Waals surface area contributed by atoms with E-state index in [0.29, 0.717) is 16.5 Å². The molecule has 4 heteroatoms. The third kappa shape index (κ3) is 3.69. The maximum absolute atomic E-state index is 10.3. The normalized spacial score (nSPS) is 12.2. The molecule has 0 amide bonds. The van der Waals surface area contributed by atoms with Gasteiger partial charge in [0.15, 0.2) is 0 Å². The quantitative estimate of drug-likeness (QED) is 0.826. The SMILES string of the molecule is COc1cc(C(O)CSc2ccccc2C)ccc1Cl. The predicted molar refractivity (Wildman–Crippen MR) is 84.9 cm³/mol. The standard InChI is InChI=1S/C16H17ClO2S/c1-11-5-3-4-6-16(11)20-10-14(18)12-7-8-13(17)15(9-12)19-2/h3-9,14,18H,10H2,1-2H3. The second-order valence-electron chi connectivity index (χ2n) is 4.49. The van der Waals surface area contributed by atoms with Crippen molar-refractivity contribution < 1.29 is 9.84 Å². The number of rotatable bonds is 5. The number of hydrogen-bond acceptors (Lipinski definition) is 3. The summed E-state index contributed by atoms with van der Waals surface area (Å²) in [7, 11) is 1.57. The molecule has 0 radical (unpaired) electrons. The van der Waals surface area contributed by atoms with Gasteiger partial charge in [0.1, 0.15) is 5.75 Å². The van der Waals surface area contributed by atoms with Gasteiger partial charge in [-0.2, -0.15) is 0 Å². The fraction of sp³-hybridized carbons (Fsp3) is 0.250. The molecular formula is C16H17ClO2S. The van der Waals surface area contributed by atoms with Crippen molar-refractivity contribution in [3.8, 4) is 5.75 Å². The van der Waals surface area contributed by atoms with E-state index in [1.165, 1.54) is 10.5 Å². The molecule has 0 fully saturated rings. The Kier molecular flexibility index (Phi) is 5.35. The van der Waals surface area contributed by atoms with Crippen molar-refractivity contribution >= 4 is 23.4 Å². The third-order valence-corrected chi connectivity index (χ3v) is 4.61. The van der Waals surface area contributed by atoms with Gasteiger partial charge < -0.3 is 9.84 Å². The summed E-state index contributed by atoms with van der Waals surface area (Å²) >= 11 is 7.63. The van der Waals surface area contributed by atoms with E-state index in [0.717, 1.165) is 5.56 Å². The molecule has 0 spiro atoms. The van der Waals surface area contributed by atoms with E-state index in [2.05, 4.69) is 19.1 Å². The van der Waals surface area contributed by atoms with Crippen molar-refractivity contribution in [1.29, 1.82) is 0 Å². The van der Waals surface area contributed by atoms with Crippen LogP contribution >= 0.6 is 23.4 Å². The summed E-state index contributed by atoms with van der Waals surface area (Å²) in [6, 6.07) is 13.5. The predicted octanol–water partition coefficient (Wildman–Crippen LogP) is 4.48. The van der Waals surface area contributed by atoms with Crippen LogP contribution in [-0.2, 0) is 0 Å². The van der Waals surface area contributed by atoms with Gasteiger partial charge in [-0.25, -0.2) is 0 Å². The van der Waals surface area contributed by atoms with Gasteiger partial charge in [0.25, 0.3) is 0 Å². The largest absolute Gasteiger partial charge is 0.495 e. The molecule has 106 valence electrons. The zero-order valence-electron chi connectivity index (χ0n) is 11.5. The van der Waals surface area contributed by atoms with Crippen LogP contribution in [0.1, 0.15) is 17.2 Å². The van der Waals surface area contributed by atoms with E-state index in [1.54, 1.807) is 31.0 Å². The molecule has 2 rings (SSSR count). The summed E-state index contributed by atoms with van der Waals surface area (Å²) in [6.45, 7) is 2.07. The van der Waals surface area contributed by atoms with Crippen molar-refractivity contribution in [2.45, 2.75) is 17.9 Å². The van der Waals surface area contributed by atoms with Crippen molar-refractivity contribution in [1.82, 2.24) is 0 Å². The molecule has 2 aromatic carbocycles. The lowest BCUT2D eigenvalue weighted by molar-refractivity contribution is 0.203. The van der Waals surface area contributed by atoms with E-state index in [9.17, 15) is 5.11 Å². The number of benzene rings is 2. The van der Waals surface area contributed by atoms with Crippen molar-refractivity contribution in [2.24, 2.45) is 0 Å². The second kappa shape index (κ2) is 7.02. The minimum atomic E-state index is -0.550. The summed E-state index contributed by atoms with van der Waals surface area (Å²) in [5, 5.41) is 10.8. The fourth-order valence-corrected chi connectivity index (χ4v) is 3.06.